The summed E-state index contributed by atoms with van der Waals surface area (Å²) >= 11 is 0. The summed E-state index contributed by atoms with van der Waals surface area (Å²) in [5.41, 5.74) is 0.657. The van der Waals surface area contributed by atoms with Crippen molar-refractivity contribution in [2.24, 2.45) is 11.8 Å². The highest BCUT2D eigenvalue weighted by atomic mass is 16.2. The summed E-state index contributed by atoms with van der Waals surface area (Å²) in [6.07, 6.45) is 1.41. The molecule has 2 heteroatoms. The van der Waals surface area contributed by atoms with Crippen LogP contribution in [0.4, 0.5) is 0 Å². The molecule has 0 N–H and O–H groups in total. The van der Waals surface area contributed by atoms with Crippen molar-refractivity contribution in [2.45, 2.75) is 19.8 Å². The Morgan fingerprint density at radius 1 is 1.27 bits per heavy atom. The maximum absolute atomic E-state index is 12.0. The number of carbonyl (C=O) groups is 2. The Labute approximate surface area is 89.3 Å². The molecule has 0 heterocycles. The lowest BCUT2D eigenvalue weighted by Crippen LogP contribution is -2.23. The van der Waals surface area contributed by atoms with Crippen LogP contribution in [0.1, 0.15) is 30.1 Å². The zero-order valence-electron chi connectivity index (χ0n) is 8.77. The molecule has 0 unspecified atom stereocenters. The van der Waals surface area contributed by atoms with E-state index in [2.05, 4.69) is 0 Å². The van der Waals surface area contributed by atoms with Crippen LogP contribution in [-0.2, 0) is 4.79 Å². The maximum Gasteiger partial charge on any atom is 0.173 e. The molecular weight excluding hydrogens is 188 g/mol. The third-order valence-electron chi connectivity index (χ3n) is 3.10. The van der Waals surface area contributed by atoms with Crippen LogP contribution < -0.4 is 0 Å². The highest BCUT2D eigenvalue weighted by molar-refractivity contribution is 6.11. The Kier molecular flexibility index (Phi) is 2.67. The number of Topliss-reactive ketones (excluding diaryl/α,β-unsaturated/α-hetero) is 2. The van der Waals surface area contributed by atoms with E-state index >= 15 is 0 Å². The molecule has 78 valence electrons. The van der Waals surface area contributed by atoms with Gasteiger partial charge in [0.05, 0.1) is 5.92 Å². The summed E-state index contributed by atoms with van der Waals surface area (Å²) < 4.78 is 0. The highest BCUT2D eigenvalue weighted by Crippen LogP contribution is 2.30. The van der Waals surface area contributed by atoms with Crippen LogP contribution in [-0.4, -0.2) is 11.6 Å². The largest absolute Gasteiger partial charge is 0.299 e. The molecule has 0 spiro atoms. The SMILES string of the molecule is C[C@H]1CCC(=O)[C@@H]1C(=O)c1ccccc1. The number of hydrogen-bond donors (Lipinski definition) is 0. The van der Waals surface area contributed by atoms with Crippen molar-refractivity contribution in [3.63, 3.8) is 0 Å². The first-order valence-corrected chi connectivity index (χ1v) is 5.32. The number of ketones is 2. The first-order valence-electron chi connectivity index (χ1n) is 5.32. The molecule has 0 aliphatic heterocycles. The average Bonchev–Trinajstić information content (AvgIpc) is 2.59. The first-order chi connectivity index (χ1) is 7.20. The molecule has 0 bridgehead atoms. The average molecular weight is 202 g/mol. The van der Waals surface area contributed by atoms with Crippen LogP contribution in [0.15, 0.2) is 30.3 Å². The Morgan fingerprint density at radius 2 is 1.93 bits per heavy atom. The zero-order chi connectivity index (χ0) is 10.8. The van der Waals surface area contributed by atoms with Crippen LogP contribution in [0.2, 0.25) is 0 Å². The van der Waals surface area contributed by atoms with Gasteiger partial charge in [-0.2, -0.15) is 0 Å². The topological polar surface area (TPSA) is 34.1 Å². The molecule has 0 radical (unpaired) electrons. The van der Waals surface area contributed by atoms with E-state index in [4.69, 9.17) is 0 Å². The molecule has 1 aromatic rings. The number of carbonyl (C=O) groups excluding carboxylic acids is 2. The number of benzene rings is 1. The smallest absolute Gasteiger partial charge is 0.173 e. The van der Waals surface area contributed by atoms with Gasteiger partial charge in [-0.05, 0) is 12.3 Å². The van der Waals surface area contributed by atoms with Gasteiger partial charge in [0, 0.05) is 12.0 Å². The minimum atomic E-state index is -0.396. The lowest BCUT2D eigenvalue weighted by Gasteiger charge is -2.12. The van der Waals surface area contributed by atoms with Crippen molar-refractivity contribution >= 4 is 11.6 Å². The second-order valence-electron chi connectivity index (χ2n) is 4.19. The van der Waals surface area contributed by atoms with Gasteiger partial charge >= 0.3 is 0 Å². The van der Waals surface area contributed by atoms with Gasteiger partial charge in [0.1, 0.15) is 5.78 Å². The van der Waals surface area contributed by atoms with Crippen molar-refractivity contribution in [1.82, 2.24) is 0 Å². The highest BCUT2D eigenvalue weighted by Gasteiger charge is 2.37. The molecule has 1 aliphatic rings. The molecule has 2 nitrogen and oxygen atoms in total. The first kappa shape index (κ1) is 10.1. The van der Waals surface area contributed by atoms with Gasteiger partial charge < -0.3 is 0 Å². The fourth-order valence-electron chi connectivity index (χ4n) is 2.20. The number of hydrogen-bond acceptors (Lipinski definition) is 2. The van der Waals surface area contributed by atoms with Crippen molar-refractivity contribution in [3.8, 4) is 0 Å². The van der Waals surface area contributed by atoms with Crippen molar-refractivity contribution < 1.29 is 9.59 Å². The normalized spacial score (nSPS) is 25.5. The summed E-state index contributed by atoms with van der Waals surface area (Å²) in [4.78, 5) is 23.6. The van der Waals surface area contributed by atoms with Crippen LogP contribution in [0.3, 0.4) is 0 Å². The lowest BCUT2D eigenvalue weighted by atomic mass is 9.89. The van der Waals surface area contributed by atoms with Crippen LogP contribution in [0, 0.1) is 11.8 Å². The summed E-state index contributed by atoms with van der Waals surface area (Å²) in [5.74, 6) is -0.0976. The second-order valence-corrected chi connectivity index (χ2v) is 4.19. The molecule has 0 amide bonds. The van der Waals surface area contributed by atoms with Gasteiger partial charge in [-0.1, -0.05) is 37.3 Å². The van der Waals surface area contributed by atoms with Crippen molar-refractivity contribution in [3.05, 3.63) is 35.9 Å². The van der Waals surface area contributed by atoms with Gasteiger partial charge in [0.2, 0.25) is 0 Å². The second kappa shape index (κ2) is 3.97. The van der Waals surface area contributed by atoms with E-state index in [1.54, 1.807) is 12.1 Å². The standard InChI is InChI=1S/C13H14O2/c1-9-7-8-11(14)12(9)13(15)10-5-3-2-4-6-10/h2-6,9,12H,7-8H2,1H3/t9-,12+/m0/s1. The summed E-state index contributed by atoms with van der Waals surface area (Å²) in [6, 6.07) is 9.09. The van der Waals surface area contributed by atoms with Crippen molar-refractivity contribution in [2.75, 3.05) is 0 Å². The third kappa shape index (κ3) is 1.84. The van der Waals surface area contributed by atoms with E-state index < -0.39 is 5.92 Å². The van der Waals surface area contributed by atoms with Gasteiger partial charge in [0.25, 0.3) is 0 Å². The molecule has 2 atom stereocenters. The fraction of sp³-hybridized carbons (Fsp3) is 0.385. The quantitative estimate of drug-likeness (QED) is 0.545. The summed E-state index contributed by atoms with van der Waals surface area (Å²) in [5, 5.41) is 0. The Balaban J connectivity index is 2.25. The Bertz CT molecular complexity index is 381. The van der Waals surface area contributed by atoms with Crippen LogP contribution >= 0.6 is 0 Å². The maximum atomic E-state index is 12.0. The minimum absolute atomic E-state index is 0.00870. The zero-order valence-corrected chi connectivity index (χ0v) is 8.77. The molecule has 15 heavy (non-hydrogen) atoms. The van der Waals surface area contributed by atoms with Gasteiger partial charge in [-0.3, -0.25) is 9.59 Å². The summed E-state index contributed by atoms with van der Waals surface area (Å²) in [6.45, 7) is 1.98. The molecule has 1 aliphatic carbocycles. The molecule has 0 aromatic heterocycles. The van der Waals surface area contributed by atoms with Gasteiger partial charge in [0.15, 0.2) is 5.78 Å². The Hall–Kier alpha value is -1.44. The predicted octanol–water partition coefficient (Wildman–Crippen LogP) is 2.48. The molecule has 1 aromatic carbocycles. The Morgan fingerprint density at radius 3 is 2.47 bits per heavy atom. The van der Waals surface area contributed by atoms with E-state index in [1.807, 2.05) is 25.1 Å². The lowest BCUT2D eigenvalue weighted by molar-refractivity contribution is -0.119. The van der Waals surface area contributed by atoms with E-state index in [-0.39, 0.29) is 17.5 Å². The monoisotopic (exact) mass is 202 g/mol. The molecule has 2 rings (SSSR count). The third-order valence-corrected chi connectivity index (χ3v) is 3.10. The van der Waals surface area contributed by atoms with Crippen molar-refractivity contribution in [1.29, 1.82) is 0 Å². The molecule has 1 fully saturated rings. The molecule has 0 saturated heterocycles. The molecular formula is C13H14O2. The van der Waals surface area contributed by atoms with E-state index in [0.717, 1.165) is 6.42 Å². The fourth-order valence-corrected chi connectivity index (χ4v) is 2.20. The van der Waals surface area contributed by atoms with Gasteiger partial charge in [-0.25, -0.2) is 0 Å². The van der Waals surface area contributed by atoms with Gasteiger partial charge in [-0.15, -0.1) is 0 Å². The van der Waals surface area contributed by atoms with Crippen LogP contribution in [0.5, 0.6) is 0 Å². The predicted molar refractivity (Wildman–Crippen MR) is 57.7 cm³/mol. The van der Waals surface area contributed by atoms with Crippen LogP contribution in [0.25, 0.3) is 0 Å². The van der Waals surface area contributed by atoms with E-state index in [0.29, 0.717) is 12.0 Å². The number of rotatable bonds is 2. The molecule has 1 saturated carbocycles. The summed E-state index contributed by atoms with van der Waals surface area (Å²) in [7, 11) is 0. The van der Waals surface area contributed by atoms with E-state index in [1.165, 1.54) is 0 Å². The van der Waals surface area contributed by atoms with E-state index in [9.17, 15) is 9.59 Å². The minimum Gasteiger partial charge on any atom is -0.299 e.